The minimum Gasteiger partial charge on any atom is -0.277 e. The molecule has 0 unspecified atom stereocenters. The maximum atomic E-state index is 12.4. The molecule has 0 saturated heterocycles. The van der Waals surface area contributed by atoms with E-state index in [0.29, 0.717) is 14.6 Å². The van der Waals surface area contributed by atoms with Crippen molar-refractivity contribution in [3.05, 3.63) is 55.9 Å². The first-order valence-corrected chi connectivity index (χ1v) is 8.96. The van der Waals surface area contributed by atoms with E-state index >= 15 is 0 Å². The van der Waals surface area contributed by atoms with Crippen LogP contribution in [0, 0.1) is 11.3 Å². The third-order valence-electron chi connectivity index (χ3n) is 2.55. The molecule has 2 aromatic rings. The highest BCUT2D eigenvalue weighted by Gasteiger charge is 2.21. The van der Waals surface area contributed by atoms with Crippen LogP contribution in [0.5, 0.6) is 0 Å². The van der Waals surface area contributed by atoms with Crippen LogP contribution < -0.4 is 4.72 Å². The summed E-state index contributed by atoms with van der Waals surface area (Å²) in [6.07, 6.45) is 0. The minimum atomic E-state index is -3.91. The van der Waals surface area contributed by atoms with Gasteiger partial charge in [-0.1, -0.05) is 17.7 Å². The Morgan fingerprint density at radius 3 is 2.33 bits per heavy atom. The molecule has 0 aliphatic heterocycles. The molecule has 0 amide bonds. The summed E-state index contributed by atoms with van der Waals surface area (Å²) in [4.78, 5) is -0.147. The Morgan fingerprint density at radius 1 is 1.14 bits per heavy atom. The Balaban J connectivity index is 2.51. The predicted molar refractivity (Wildman–Crippen MR) is 88.8 cm³/mol. The molecule has 0 aromatic heterocycles. The van der Waals surface area contributed by atoms with Crippen LogP contribution in [-0.4, -0.2) is 8.42 Å². The van der Waals surface area contributed by atoms with Gasteiger partial charge in [-0.2, -0.15) is 5.26 Å². The molecule has 0 fully saturated rings. The standard InChI is InChI=1S/C13H7Br2ClN2O2S/c14-9-2-1-3-10(15)13(9)18-21(19,20)12-6-8(7-17)4-5-11(12)16/h1-6,18H. The second-order valence-electron chi connectivity index (χ2n) is 3.96. The van der Waals surface area contributed by atoms with Gasteiger partial charge in [0, 0.05) is 8.95 Å². The van der Waals surface area contributed by atoms with Crippen molar-refractivity contribution >= 4 is 59.2 Å². The smallest absolute Gasteiger partial charge is 0.263 e. The van der Waals surface area contributed by atoms with E-state index in [-0.39, 0.29) is 15.5 Å². The zero-order valence-electron chi connectivity index (χ0n) is 10.3. The zero-order chi connectivity index (χ0) is 15.6. The number of nitrogens with zero attached hydrogens (tertiary/aromatic N) is 1. The normalized spacial score (nSPS) is 11.0. The van der Waals surface area contributed by atoms with Gasteiger partial charge >= 0.3 is 0 Å². The van der Waals surface area contributed by atoms with Crippen LogP contribution in [0.2, 0.25) is 5.02 Å². The van der Waals surface area contributed by atoms with Crippen molar-refractivity contribution < 1.29 is 8.42 Å². The van der Waals surface area contributed by atoms with E-state index in [0.717, 1.165) is 0 Å². The molecule has 0 heterocycles. The third-order valence-corrected chi connectivity index (χ3v) is 5.70. The van der Waals surface area contributed by atoms with Crippen LogP contribution in [0.15, 0.2) is 50.2 Å². The number of anilines is 1. The highest BCUT2D eigenvalue weighted by Crippen LogP contribution is 2.33. The molecular weight excluding hydrogens is 443 g/mol. The van der Waals surface area contributed by atoms with Gasteiger partial charge in [0.1, 0.15) is 4.90 Å². The Labute approximate surface area is 144 Å². The van der Waals surface area contributed by atoms with Gasteiger partial charge in [0.15, 0.2) is 0 Å². The number of rotatable bonds is 3. The van der Waals surface area contributed by atoms with Gasteiger partial charge in [-0.3, -0.25) is 4.72 Å². The van der Waals surface area contributed by atoms with Crippen LogP contribution in [0.25, 0.3) is 0 Å². The van der Waals surface area contributed by atoms with Gasteiger partial charge in [-0.05, 0) is 62.2 Å². The van der Waals surface area contributed by atoms with Gasteiger partial charge < -0.3 is 0 Å². The Hall–Kier alpha value is -1.07. The zero-order valence-corrected chi connectivity index (χ0v) is 15.0. The topological polar surface area (TPSA) is 70.0 Å². The summed E-state index contributed by atoms with van der Waals surface area (Å²) < 4.78 is 28.5. The fraction of sp³-hybridized carbons (Fsp3) is 0. The lowest BCUT2D eigenvalue weighted by atomic mass is 10.2. The van der Waals surface area contributed by atoms with Crippen molar-refractivity contribution in [2.24, 2.45) is 0 Å². The van der Waals surface area contributed by atoms with E-state index in [1.807, 2.05) is 6.07 Å². The van der Waals surface area contributed by atoms with Crippen molar-refractivity contribution in [1.29, 1.82) is 5.26 Å². The first-order chi connectivity index (χ1) is 9.85. The number of hydrogen-bond acceptors (Lipinski definition) is 3. The summed E-state index contributed by atoms with van der Waals surface area (Å²) in [6.45, 7) is 0. The number of nitrogens with one attached hydrogen (secondary N) is 1. The number of para-hydroxylation sites is 1. The molecule has 8 heteroatoms. The highest BCUT2D eigenvalue weighted by atomic mass is 79.9. The molecule has 1 N–H and O–H groups in total. The monoisotopic (exact) mass is 448 g/mol. The fourth-order valence-electron chi connectivity index (χ4n) is 1.56. The van der Waals surface area contributed by atoms with Crippen LogP contribution >= 0.6 is 43.5 Å². The third kappa shape index (κ3) is 3.58. The van der Waals surface area contributed by atoms with Gasteiger partial charge in [0.2, 0.25) is 0 Å². The number of sulfonamides is 1. The number of halogens is 3. The number of hydrogen-bond donors (Lipinski definition) is 1. The van der Waals surface area contributed by atoms with Crippen LogP contribution in [0.1, 0.15) is 5.56 Å². The summed E-state index contributed by atoms with van der Waals surface area (Å²) in [7, 11) is -3.91. The van der Waals surface area contributed by atoms with Gasteiger partial charge in [-0.25, -0.2) is 8.42 Å². The molecule has 108 valence electrons. The second-order valence-corrected chi connectivity index (χ2v) is 7.73. The summed E-state index contributed by atoms with van der Waals surface area (Å²) in [5.41, 5.74) is 0.571. The van der Waals surface area contributed by atoms with E-state index in [2.05, 4.69) is 36.6 Å². The Morgan fingerprint density at radius 2 is 1.76 bits per heavy atom. The molecule has 0 saturated carbocycles. The van der Waals surface area contributed by atoms with E-state index < -0.39 is 10.0 Å². The lowest BCUT2D eigenvalue weighted by Gasteiger charge is -2.12. The molecule has 0 aliphatic carbocycles. The van der Waals surface area contributed by atoms with E-state index in [4.69, 9.17) is 16.9 Å². The maximum Gasteiger partial charge on any atom is 0.263 e. The summed E-state index contributed by atoms with van der Waals surface area (Å²) in [6, 6.07) is 11.1. The molecule has 2 rings (SSSR count). The second kappa shape index (κ2) is 6.36. The Kier molecular flexibility index (Phi) is 4.94. The molecule has 2 aromatic carbocycles. The van der Waals surface area contributed by atoms with Crippen molar-refractivity contribution in [3.63, 3.8) is 0 Å². The van der Waals surface area contributed by atoms with Crippen LogP contribution in [-0.2, 0) is 10.0 Å². The molecule has 21 heavy (non-hydrogen) atoms. The molecule has 0 radical (unpaired) electrons. The van der Waals surface area contributed by atoms with Crippen LogP contribution in [0.4, 0.5) is 5.69 Å². The highest BCUT2D eigenvalue weighted by molar-refractivity contribution is 9.11. The molecule has 0 spiro atoms. The quantitative estimate of drug-likeness (QED) is 0.747. The van der Waals surface area contributed by atoms with Gasteiger partial charge in [0.25, 0.3) is 10.0 Å². The van der Waals surface area contributed by atoms with Crippen molar-refractivity contribution in [2.45, 2.75) is 4.90 Å². The molecule has 0 aliphatic rings. The predicted octanol–water partition coefficient (Wildman–Crippen LogP) is 4.54. The van der Waals surface area contributed by atoms with E-state index in [9.17, 15) is 8.42 Å². The van der Waals surface area contributed by atoms with Crippen LogP contribution in [0.3, 0.4) is 0 Å². The first kappa shape index (κ1) is 16.3. The lowest BCUT2D eigenvalue weighted by Crippen LogP contribution is -2.14. The summed E-state index contributed by atoms with van der Waals surface area (Å²) in [5.74, 6) is 0. The lowest BCUT2D eigenvalue weighted by molar-refractivity contribution is 0.601. The molecule has 4 nitrogen and oxygen atoms in total. The molecule has 0 bridgehead atoms. The largest absolute Gasteiger partial charge is 0.277 e. The summed E-state index contributed by atoms with van der Waals surface area (Å²) in [5, 5.41) is 8.92. The average Bonchev–Trinajstić information content (AvgIpc) is 2.43. The molecule has 0 atom stereocenters. The molecular formula is C13H7Br2ClN2O2S. The SMILES string of the molecule is N#Cc1ccc(Cl)c(S(=O)(=O)Nc2c(Br)cccc2Br)c1. The van der Waals surface area contributed by atoms with E-state index in [1.54, 1.807) is 18.2 Å². The van der Waals surface area contributed by atoms with Crippen molar-refractivity contribution in [1.82, 2.24) is 0 Å². The van der Waals surface area contributed by atoms with Crippen molar-refractivity contribution in [3.8, 4) is 6.07 Å². The van der Waals surface area contributed by atoms with E-state index in [1.165, 1.54) is 18.2 Å². The fourth-order valence-corrected chi connectivity index (χ4v) is 4.65. The average molecular weight is 451 g/mol. The minimum absolute atomic E-state index is 0.0460. The number of benzene rings is 2. The van der Waals surface area contributed by atoms with Gasteiger partial charge in [0.05, 0.1) is 22.3 Å². The van der Waals surface area contributed by atoms with Crippen molar-refractivity contribution in [2.75, 3.05) is 4.72 Å². The Bertz CT molecular complexity index is 827. The summed E-state index contributed by atoms with van der Waals surface area (Å²) >= 11 is 12.5. The van der Waals surface area contributed by atoms with Gasteiger partial charge in [-0.15, -0.1) is 0 Å². The number of nitriles is 1. The maximum absolute atomic E-state index is 12.4. The first-order valence-electron chi connectivity index (χ1n) is 5.51.